The second-order valence-electron chi connectivity index (χ2n) is 8.33. The molecule has 2 bridgehead atoms. The quantitative estimate of drug-likeness (QED) is 0.593. The molecule has 1 atom stereocenters. The predicted octanol–water partition coefficient (Wildman–Crippen LogP) is 3.30. The number of aromatic nitrogens is 1. The minimum Gasteiger partial charge on any atom is -0.484 e. The molecule has 1 heterocycles. The second kappa shape index (κ2) is 8.54. The van der Waals surface area contributed by atoms with E-state index in [1.165, 1.54) is 25.3 Å². The van der Waals surface area contributed by atoms with Gasteiger partial charge in [0.2, 0.25) is 12.3 Å². The van der Waals surface area contributed by atoms with Gasteiger partial charge in [-0.1, -0.05) is 11.6 Å². The largest absolute Gasteiger partial charge is 0.484 e. The molecule has 7 nitrogen and oxygen atoms in total. The summed E-state index contributed by atoms with van der Waals surface area (Å²) in [6, 6.07) is 7.21. The van der Waals surface area contributed by atoms with Gasteiger partial charge in [0.1, 0.15) is 17.3 Å². The minimum atomic E-state index is -1.42. The molecule has 1 aromatic carbocycles. The fourth-order valence-corrected chi connectivity index (χ4v) is 4.46. The molecule has 0 radical (unpaired) electrons. The number of carbonyl (C=O) groups is 2. The second-order valence-corrected chi connectivity index (χ2v) is 8.74. The molecule has 32 heavy (non-hydrogen) atoms. The number of pyridine rings is 1. The van der Waals surface area contributed by atoms with E-state index < -0.39 is 17.6 Å². The van der Waals surface area contributed by atoms with Crippen molar-refractivity contribution in [3.8, 4) is 11.5 Å². The zero-order chi connectivity index (χ0) is 22.9. The number of nitrogens with zero attached hydrogens (tertiary/aromatic N) is 1. The lowest BCUT2D eigenvalue weighted by Crippen LogP contribution is -2.78. The van der Waals surface area contributed by atoms with Gasteiger partial charge in [-0.3, -0.25) is 14.6 Å². The topological polar surface area (TPSA) is 89.6 Å². The molecule has 0 saturated heterocycles. The normalized spacial score (nSPS) is 23.9. The van der Waals surface area contributed by atoms with Gasteiger partial charge >= 0.3 is 0 Å². The average Bonchev–Trinajstić information content (AvgIpc) is 2.69. The van der Waals surface area contributed by atoms with E-state index in [0.717, 1.165) is 6.07 Å². The zero-order valence-corrected chi connectivity index (χ0v) is 18.0. The number of amides is 2. The maximum Gasteiger partial charge on any atom is 0.258 e. The lowest BCUT2D eigenvalue weighted by Gasteiger charge is -2.69. The van der Waals surface area contributed by atoms with Crippen molar-refractivity contribution in [3.63, 3.8) is 0 Å². The Morgan fingerprint density at radius 1 is 1.22 bits per heavy atom. The van der Waals surface area contributed by atoms with Crippen LogP contribution in [0.5, 0.6) is 11.5 Å². The fraction of sp³-hybridized carbons (Fsp3) is 0.409. The van der Waals surface area contributed by atoms with Gasteiger partial charge in [-0.25, -0.2) is 8.78 Å². The SMILES string of the molecule is CC(F)Oc1ccc(CNC(=O)C23CC(NC(=O)COc4ccc(Cl)c(F)c4)(C2)C3)nc1. The summed E-state index contributed by atoms with van der Waals surface area (Å²) in [6.07, 6.45) is 1.65. The summed E-state index contributed by atoms with van der Waals surface area (Å²) in [5.41, 5.74) is -0.230. The third kappa shape index (κ3) is 4.62. The van der Waals surface area contributed by atoms with Crippen molar-refractivity contribution in [1.29, 1.82) is 0 Å². The number of ether oxygens (including phenoxy) is 2. The van der Waals surface area contributed by atoms with E-state index >= 15 is 0 Å². The third-order valence-electron chi connectivity index (χ3n) is 5.70. The summed E-state index contributed by atoms with van der Waals surface area (Å²) >= 11 is 5.62. The van der Waals surface area contributed by atoms with Crippen LogP contribution in [-0.4, -0.2) is 35.3 Å². The van der Waals surface area contributed by atoms with Crippen molar-refractivity contribution in [2.75, 3.05) is 6.61 Å². The Hall–Kier alpha value is -2.94. The van der Waals surface area contributed by atoms with Crippen molar-refractivity contribution in [3.05, 3.63) is 53.1 Å². The molecular weight excluding hydrogens is 444 g/mol. The van der Waals surface area contributed by atoms with E-state index in [9.17, 15) is 18.4 Å². The van der Waals surface area contributed by atoms with Gasteiger partial charge in [0, 0.05) is 18.5 Å². The Balaban J connectivity index is 1.19. The van der Waals surface area contributed by atoms with Gasteiger partial charge in [-0.2, -0.15) is 0 Å². The van der Waals surface area contributed by atoms with Crippen LogP contribution in [0.25, 0.3) is 0 Å². The van der Waals surface area contributed by atoms with E-state index in [2.05, 4.69) is 15.6 Å². The van der Waals surface area contributed by atoms with E-state index in [4.69, 9.17) is 21.1 Å². The van der Waals surface area contributed by atoms with Crippen LogP contribution in [0.2, 0.25) is 5.02 Å². The van der Waals surface area contributed by atoms with Crippen LogP contribution in [0.1, 0.15) is 31.9 Å². The highest BCUT2D eigenvalue weighted by atomic mass is 35.5. The molecule has 10 heteroatoms. The number of alkyl halides is 1. The molecule has 170 valence electrons. The Bertz CT molecular complexity index is 1010. The lowest BCUT2D eigenvalue weighted by molar-refractivity contribution is -0.184. The predicted molar refractivity (Wildman–Crippen MR) is 111 cm³/mol. The Morgan fingerprint density at radius 3 is 2.56 bits per heavy atom. The molecule has 2 aromatic rings. The Labute approximate surface area is 188 Å². The molecule has 2 amide bonds. The fourth-order valence-electron chi connectivity index (χ4n) is 4.34. The summed E-state index contributed by atoms with van der Waals surface area (Å²) in [5, 5.41) is 5.76. The van der Waals surface area contributed by atoms with Crippen molar-refractivity contribution in [2.45, 2.75) is 44.6 Å². The monoisotopic (exact) mass is 465 g/mol. The maximum atomic E-state index is 13.4. The lowest BCUT2D eigenvalue weighted by atomic mass is 9.39. The van der Waals surface area contributed by atoms with Crippen molar-refractivity contribution < 1.29 is 27.8 Å². The number of rotatable bonds is 9. The van der Waals surface area contributed by atoms with Gasteiger partial charge in [0.05, 0.1) is 28.9 Å². The van der Waals surface area contributed by atoms with Crippen LogP contribution in [0.15, 0.2) is 36.5 Å². The minimum absolute atomic E-state index is 0.0208. The standard InChI is InChI=1S/C22H22ClF2N3O4/c1-13(24)32-16-3-2-14(26-8-16)7-27-20(30)21-10-22(11-21,12-21)28-19(29)9-31-15-4-5-17(23)18(25)6-15/h2-6,8,13H,7,9-12H2,1H3,(H,27,30)(H,28,29). The average molecular weight is 466 g/mol. The van der Waals surface area contributed by atoms with Gasteiger partial charge < -0.3 is 20.1 Å². The first-order valence-corrected chi connectivity index (χ1v) is 10.5. The van der Waals surface area contributed by atoms with Gasteiger partial charge in [-0.15, -0.1) is 0 Å². The summed E-state index contributed by atoms with van der Waals surface area (Å²) in [5.74, 6) is -0.504. The first kappa shape index (κ1) is 22.3. The molecule has 5 rings (SSSR count). The number of hydrogen-bond donors (Lipinski definition) is 2. The highest BCUT2D eigenvalue weighted by Gasteiger charge is 2.72. The van der Waals surface area contributed by atoms with Crippen molar-refractivity contribution >= 4 is 23.4 Å². The smallest absolute Gasteiger partial charge is 0.258 e. The van der Waals surface area contributed by atoms with Crippen molar-refractivity contribution in [2.24, 2.45) is 5.41 Å². The highest BCUT2D eigenvalue weighted by molar-refractivity contribution is 6.30. The van der Waals surface area contributed by atoms with E-state index in [-0.39, 0.29) is 41.3 Å². The van der Waals surface area contributed by atoms with Crippen LogP contribution in [-0.2, 0) is 16.1 Å². The Kier molecular flexibility index (Phi) is 5.94. The number of hydrogen-bond acceptors (Lipinski definition) is 5. The number of benzene rings is 1. The summed E-state index contributed by atoms with van der Waals surface area (Å²) in [7, 11) is 0. The van der Waals surface area contributed by atoms with Crippen LogP contribution >= 0.6 is 11.6 Å². The first-order valence-electron chi connectivity index (χ1n) is 10.1. The number of nitrogens with one attached hydrogen (secondary N) is 2. The summed E-state index contributed by atoms with van der Waals surface area (Å²) in [6.45, 7) is 1.27. The van der Waals surface area contributed by atoms with E-state index in [1.54, 1.807) is 12.1 Å². The molecule has 3 fully saturated rings. The van der Waals surface area contributed by atoms with Gasteiger partial charge in [0.25, 0.3) is 5.91 Å². The van der Waals surface area contributed by atoms with E-state index in [1.807, 2.05) is 0 Å². The number of carbonyl (C=O) groups excluding carboxylic acids is 2. The third-order valence-corrected chi connectivity index (χ3v) is 6.01. The Morgan fingerprint density at radius 2 is 1.94 bits per heavy atom. The highest BCUT2D eigenvalue weighted by Crippen LogP contribution is 2.67. The summed E-state index contributed by atoms with van der Waals surface area (Å²) < 4.78 is 36.4. The molecule has 1 aromatic heterocycles. The molecule has 3 aliphatic rings. The zero-order valence-electron chi connectivity index (χ0n) is 17.3. The maximum absolute atomic E-state index is 13.4. The van der Waals surface area contributed by atoms with Crippen LogP contribution in [0.3, 0.4) is 0 Å². The van der Waals surface area contributed by atoms with Crippen molar-refractivity contribution in [1.82, 2.24) is 15.6 Å². The molecule has 0 aliphatic heterocycles. The van der Waals surface area contributed by atoms with Crippen LogP contribution < -0.4 is 20.1 Å². The molecule has 0 spiro atoms. The number of halogens is 3. The first-order chi connectivity index (χ1) is 15.2. The molecule has 3 aliphatic carbocycles. The summed E-state index contributed by atoms with van der Waals surface area (Å²) in [4.78, 5) is 28.9. The van der Waals surface area contributed by atoms with Gasteiger partial charge in [-0.05, 0) is 43.5 Å². The molecule has 2 N–H and O–H groups in total. The molecular formula is C22H22ClF2N3O4. The van der Waals surface area contributed by atoms with E-state index in [0.29, 0.717) is 30.7 Å². The molecule has 3 saturated carbocycles. The van der Waals surface area contributed by atoms with Gasteiger partial charge in [0.15, 0.2) is 6.61 Å². The van der Waals surface area contributed by atoms with Crippen LogP contribution in [0, 0.1) is 11.2 Å². The van der Waals surface area contributed by atoms with Crippen LogP contribution in [0.4, 0.5) is 8.78 Å². The molecule has 1 unspecified atom stereocenters.